The summed E-state index contributed by atoms with van der Waals surface area (Å²) < 4.78 is 64.4. The molecule has 0 saturated carbocycles. The van der Waals surface area contributed by atoms with Crippen LogP contribution < -0.4 is 47.4 Å². The summed E-state index contributed by atoms with van der Waals surface area (Å²) in [4.78, 5) is 0. The maximum Gasteiger partial charge on any atom is 0.162 e. The Morgan fingerprint density at radius 2 is 0.339 bits per heavy atom. The topological polar surface area (TPSA) is 113 Å². The molecule has 11 heteroatoms. The van der Waals surface area contributed by atoms with Crippen LogP contribution in [0.2, 0.25) is 0 Å². The second-order valence-corrected chi connectivity index (χ2v) is 35.6. The van der Waals surface area contributed by atoms with Gasteiger partial charge in [0.25, 0.3) is 0 Å². The van der Waals surface area contributed by atoms with Crippen molar-refractivity contribution in [2.75, 3.05) is 26.4 Å². The molecule has 7 aromatic carbocycles. The lowest BCUT2D eigenvalue weighted by Gasteiger charge is -2.16. The molecule has 0 spiro atoms. The molecule has 0 fully saturated rings. The minimum Gasteiger partial charge on any atom is -0.494 e. The van der Waals surface area contributed by atoms with E-state index in [1.54, 1.807) is 0 Å². The average molecular weight is 1710 g/mol. The van der Waals surface area contributed by atoms with Gasteiger partial charge in [0, 0.05) is 6.07 Å². The lowest BCUT2D eigenvalue weighted by molar-refractivity contribution is 0.252. The first kappa shape index (κ1) is 104. The van der Waals surface area contributed by atoms with Gasteiger partial charge in [0.1, 0.15) is 74.1 Å². The summed E-state index contributed by atoms with van der Waals surface area (Å²) in [6, 6.07) is 50.6. The van der Waals surface area contributed by atoms with Gasteiger partial charge in [0.05, 0.1) is 33.0 Å². The Hall–Kier alpha value is -7.50. The maximum absolute atomic E-state index is 10.6. The molecule has 0 aliphatic carbocycles. The van der Waals surface area contributed by atoms with E-state index in [-0.39, 0.29) is 19.8 Å². The van der Waals surface area contributed by atoms with E-state index in [1.165, 1.54) is 334 Å². The number of rotatable bonds is 83. The molecule has 124 heavy (non-hydrogen) atoms. The number of hydrogen-bond acceptors (Lipinski definition) is 11. The van der Waals surface area contributed by atoms with Gasteiger partial charge in [-0.3, -0.25) is 0 Å². The van der Waals surface area contributed by atoms with Gasteiger partial charge >= 0.3 is 0 Å². The van der Waals surface area contributed by atoms with E-state index < -0.39 is 0 Å². The number of ether oxygens (including phenoxy) is 10. The van der Waals surface area contributed by atoms with Crippen LogP contribution in [0.1, 0.15) is 426 Å². The summed E-state index contributed by atoms with van der Waals surface area (Å²) in [5, 5.41) is 10.6. The monoisotopic (exact) mass is 1710 g/mol. The molecule has 0 heterocycles. The summed E-state index contributed by atoms with van der Waals surface area (Å²) in [5.74, 6) is 7.11. The number of unbranched alkanes of at least 4 members (excludes halogenated alkanes) is 52. The van der Waals surface area contributed by atoms with E-state index in [2.05, 4.69) is 76.2 Å². The van der Waals surface area contributed by atoms with Gasteiger partial charge in [-0.15, -0.1) is 0 Å². The van der Waals surface area contributed by atoms with Gasteiger partial charge in [-0.25, -0.2) is 0 Å². The summed E-state index contributed by atoms with van der Waals surface area (Å²) in [6.07, 6.45) is 74.9. The molecular formula is C113H172O11. The van der Waals surface area contributed by atoms with Gasteiger partial charge in [-0.1, -0.05) is 422 Å². The average Bonchev–Trinajstić information content (AvgIpc) is 0.842. The Morgan fingerprint density at radius 3 is 0.548 bits per heavy atom. The molecule has 0 aromatic heterocycles. The van der Waals surface area contributed by atoms with Crippen molar-refractivity contribution < 1.29 is 52.5 Å². The van der Waals surface area contributed by atoms with Crippen molar-refractivity contribution in [1.29, 1.82) is 0 Å². The highest BCUT2D eigenvalue weighted by atomic mass is 16.5. The van der Waals surface area contributed by atoms with Crippen molar-refractivity contribution in [3.05, 3.63) is 191 Å². The zero-order chi connectivity index (χ0) is 86.9. The smallest absolute Gasteiger partial charge is 0.162 e. The summed E-state index contributed by atoms with van der Waals surface area (Å²) in [7, 11) is 0. The Balaban J connectivity index is 0.920. The molecule has 0 amide bonds. The van der Waals surface area contributed by atoms with Crippen molar-refractivity contribution >= 4 is 0 Å². The summed E-state index contributed by atoms with van der Waals surface area (Å²) >= 11 is 0. The van der Waals surface area contributed by atoms with E-state index in [0.29, 0.717) is 66.5 Å². The van der Waals surface area contributed by atoms with Crippen LogP contribution in [-0.2, 0) is 46.2 Å². The van der Waals surface area contributed by atoms with Crippen LogP contribution in [0, 0.1) is 0 Å². The maximum atomic E-state index is 10.6. The predicted molar refractivity (Wildman–Crippen MR) is 520 cm³/mol. The molecule has 0 aliphatic heterocycles. The Bertz CT molecular complexity index is 3400. The molecule has 0 saturated heterocycles. The van der Waals surface area contributed by atoms with Crippen LogP contribution in [0.25, 0.3) is 0 Å². The Kier molecular flexibility index (Phi) is 59.7. The molecule has 7 aromatic rings. The fourth-order valence-electron chi connectivity index (χ4n) is 16.3. The highest BCUT2D eigenvalue weighted by Crippen LogP contribution is 2.35. The quantitative estimate of drug-likeness (QED) is 0.0368. The standard InChI is InChI=1S/C113H172O11/c1-5-9-13-17-21-25-29-33-37-41-45-49-53-57-81-115-104-71-61-97(62-72-104)91-121-110-79-69-101(87-112(110)123-93-99-65-75-106(76-66-99)117-83-59-55-51-47-43-39-35-31-27-23-19-15-11-7-3)95-119-108-85-103(90-114)86-109(89-108)120-96-102-70-80-111(122-92-98-63-73-105(74-64-98)116-82-58-54-50-46-42-38-34-30-26-22-18-14-10-6-2)113(88-102)124-94-100-67-77-107(78-68-100)118-84-60-56-52-48-44-40-36-32-28-24-20-16-12-8-4/h61-80,85-89,114H,5-60,81-84,90-96H2,1-4H3. The highest BCUT2D eigenvalue weighted by molar-refractivity contribution is 5.46. The molecule has 11 nitrogen and oxygen atoms in total. The molecule has 0 radical (unpaired) electrons. The van der Waals surface area contributed by atoms with Gasteiger partial charge in [-0.2, -0.15) is 0 Å². The first-order chi connectivity index (χ1) is 61.4. The van der Waals surface area contributed by atoms with Gasteiger partial charge in [0.2, 0.25) is 0 Å². The normalized spacial score (nSPS) is 11.3. The summed E-state index contributed by atoms with van der Waals surface area (Å²) in [6.45, 7) is 13.7. The van der Waals surface area contributed by atoms with E-state index in [9.17, 15) is 5.11 Å². The molecule has 1 N–H and O–H groups in total. The van der Waals surface area contributed by atoms with E-state index in [4.69, 9.17) is 47.4 Å². The van der Waals surface area contributed by atoms with Crippen LogP contribution in [0.5, 0.6) is 57.5 Å². The Morgan fingerprint density at radius 1 is 0.153 bits per heavy atom. The molecule has 0 aliphatic rings. The fourth-order valence-corrected chi connectivity index (χ4v) is 16.3. The van der Waals surface area contributed by atoms with E-state index in [0.717, 1.165) is 108 Å². The third-order valence-electron chi connectivity index (χ3n) is 24.3. The zero-order valence-electron chi connectivity index (χ0n) is 78.8. The second-order valence-electron chi connectivity index (χ2n) is 35.6. The second kappa shape index (κ2) is 71.5. The number of aliphatic hydroxyl groups excluding tert-OH is 1. The molecule has 7 rings (SSSR count). The van der Waals surface area contributed by atoms with E-state index in [1.807, 2.05) is 103 Å². The fraction of sp³-hybridized carbons (Fsp3) is 0.628. The SMILES string of the molecule is CCCCCCCCCCCCCCCCOc1ccc(COc2ccc(COc3cc(CO)cc(OCc4ccc(OCc5ccc(OCCCCCCCCCCCCCCCC)cc5)c(OCc5ccc(OCCCCCCCCCCCCCCCC)cc5)c4)c3)cc2OCc2ccc(OCCCCCCCCCCCCCCCC)cc2)cc1. The highest BCUT2D eigenvalue weighted by Gasteiger charge is 2.15. The van der Waals surface area contributed by atoms with Gasteiger partial charge in [-0.05, 0) is 150 Å². The molecule has 0 bridgehead atoms. The van der Waals surface area contributed by atoms with E-state index >= 15 is 0 Å². The van der Waals surface area contributed by atoms with Crippen molar-refractivity contribution in [3.8, 4) is 57.5 Å². The molecule has 0 unspecified atom stereocenters. The van der Waals surface area contributed by atoms with Crippen LogP contribution in [-0.4, -0.2) is 31.5 Å². The lowest BCUT2D eigenvalue weighted by atomic mass is 10.0. The summed E-state index contributed by atoms with van der Waals surface area (Å²) in [5.41, 5.74) is 6.55. The third-order valence-corrected chi connectivity index (χ3v) is 24.3. The largest absolute Gasteiger partial charge is 0.494 e. The van der Waals surface area contributed by atoms with Crippen LogP contribution in [0.3, 0.4) is 0 Å². The zero-order valence-corrected chi connectivity index (χ0v) is 78.8. The predicted octanol–water partition coefficient (Wildman–Crippen LogP) is 34.1. The van der Waals surface area contributed by atoms with Crippen LogP contribution in [0.15, 0.2) is 152 Å². The van der Waals surface area contributed by atoms with Crippen LogP contribution in [0.4, 0.5) is 0 Å². The van der Waals surface area contributed by atoms with Gasteiger partial charge < -0.3 is 52.5 Å². The van der Waals surface area contributed by atoms with Gasteiger partial charge in [0.15, 0.2) is 23.0 Å². The molecule has 690 valence electrons. The first-order valence-electron chi connectivity index (χ1n) is 51.0. The number of aliphatic hydroxyl groups is 1. The van der Waals surface area contributed by atoms with Crippen molar-refractivity contribution in [3.63, 3.8) is 0 Å². The van der Waals surface area contributed by atoms with Crippen molar-refractivity contribution in [1.82, 2.24) is 0 Å². The number of hydrogen-bond donors (Lipinski definition) is 1. The third kappa shape index (κ3) is 50.7. The van der Waals surface area contributed by atoms with Crippen molar-refractivity contribution in [2.45, 2.75) is 434 Å². The Labute approximate surface area is 756 Å². The van der Waals surface area contributed by atoms with Crippen molar-refractivity contribution in [2.24, 2.45) is 0 Å². The molecule has 0 atom stereocenters. The minimum absolute atomic E-state index is 0.189. The first-order valence-corrected chi connectivity index (χ1v) is 51.0. The molecular weight excluding hydrogens is 1530 g/mol. The minimum atomic E-state index is -0.189. The van der Waals surface area contributed by atoms with Crippen LogP contribution >= 0.6 is 0 Å². The number of benzene rings is 7. The lowest BCUT2D eigenvalue weighted by Crippen LogP contribution is -2.04.